The van der Waals surface area contributed by atoms with Crippen LogP contribution in [0.4, 0.5) is 0 Å². The van der Waals surface area contributed by atoms with Crippen molar-refractivity contribution in [1.82, 2.24) is 0 Å². The Hall–Kier alpha value is -0.300. The van der Waals surface area contributed by atoms with E-state index in [1.807, 2.05) is 0 Å². The SMILES string of the molecule is C[C@@H](CN)/C1=C/CCC2(CCCCCCC2)CCC1. The highest BCUT2D eigenvalue weighted by Gasteiger charge is 2.30. The third-order valence-corrected chi connectivity index (χ3v) is 5.65. The summed E-state index contributed by atoms with van der Waals surface area (Å²) in [6, 6.07) is 0. The molecule has 0 heterocycles. The van der Waals surface area contributed by atoms with Gasteiger partial charge in [-0.15, -0.1) is 0 Å². The minimum absolute atomic E-state index is 0.603. The summed E-state index contributed by atoms with van der Waals surface area (Å²) >= 11 is 0. The predicted octanol–water partition coefficient (Wildman–Crippen LogP) is 5.20. The van der Waals surface area contributed by atoms with E-state index in [4.69, 9.17) is 5.73 Å². The van der Waals surface area contributed by atoms with Crippen molar-refractivity contribution in [3.05, 3.63) is 11.6 Å². The van der Waals surface area contributed by atoms with Gasteiger partial charge in [0.15, 0.2) is 0 Å². The maximum absolute atomic E-state index is 5.83. The second kappa shape index (κ2) is 7.47. The van der Waals surface area contributed by atoms with E-state index in [0.29, 0.717) is 11.3 Å². The molecule has 0 bridgehead atoms. The standard InChI is InChI=1S/C18H33N/c1-16(15-19)17-9-7-13-18(14-8-10-17)11-5-3-2-4-6-12-18/h9,16H,2-8,10-15,19H2,1H3/b17-9+/t16-/m0/s1. The molecular weight excluding hydrogens is 230 g/mol. The van der Waals surface area contributed by atoms with Crippen LogP contribution < -0.4 is 5.73 Å². The molecule has 1 fully saturated rings. The Morgan fingerprint density at radius 2 is 1.63 bits per heavy atom. The number of hydrogen-bond donors (Lipinski definition) is 1. The maximum atomic E-state index is 5.83. The molecule has 1 saturated carbocycles. The Labute approximate surface area is 120 Å². The lowest BCUT2D eigenvalue weighted by atomic mass is 9.68. The van der Waals surface area contributed by atoms with E-state index in [1.165, 1.54) is 77.0 Å². The fourth-order valence-corrected chi connectivity index (χ4v) is 4.21. The highest BCUT2D eigenvalue weighted by molar-refractivity contribution is 5.08. The highest BCUT2D eigenvalue weighted by Crippen LogP contribution is 2.44. The van der Waals surface area contributed by atoms with Gasteiger partial charge in [-0.3, -0.25) is 0 Å². The topological polar surface area (TPSA) is 26.0 Å². The molecule has 2 aliphatic carbocycles. The van der Waals surface area contributed by atoms with E-state index in [0.717, 1.165) is 6.54 Å². The summed E-state index contributed by atoms with van der Waals surface area (Å²) in [4.78, 5) is 0. The second-order valence-corrected chi connectivity index (χ2v) is 7.08. The van der Waals surface area contributed by atoms with E-state index in [1.54, 1.807) is 5.57 Å². The summed E-state index contributed by atoms with van der Waals surface area (Å²) in [5, 5.41) is 0. The van der Waals surface area contributed by atoms with Crippen LogP contribution in [0, 0.1) is 11.3 Å². The van der Waals surface area contributed by atoms with Crippen molar-refractivity contribution in [2.24, 2.45) is 17.1 Å². The van der Waals surface area contributed by atoms with Crippen LogP contribution in [0.1, 0.15) is 84.0 Å². The Balaban J connectivity index is 1.96. The molecule has 1 spiro atoms. The van der Waals surface area contributed by atoms with Crippen LogP contribution in [-0.4, -0.2) is 6.54 Å². The molecule has 0 amide bonds. The average molecular weight is 263 g/mol. The minimum Gasteiger partial charge on any atom is -0.330 e. The Bertz CT molecular complexity index is 284. The van der Waals surface area contributed by atoms with Crippen LogP contribution in [0.25, 0.3) is 0 Å². The summed E-state index contributed by atoms with van der Waals surface area (Å²) in [6.45, 7) is 3.11. The molecular formula is C18H33N. The molecule has 1 nitrogen and oxygen atoms in total. The largest absolute Gasteiger partial charge is 0.330 e. The van der Waals surface area contributed by atoms with Crippen molar-refractivity contribution in [1.29, 1.82) is 0 Å². The first-order chi connectivity index (χ1) is 9.26. The Kier molecular flexibility index (Phi) is 5.94. The first-order valence-electron chi connectivity index (χ1n) is 8.65. The third kappa shape index (κ3) is 4.34. The summed E-state index contributed by atoms with van der Waals surface area (Å²) in [5.74, 6) is 0.603. The molecule has 0 unspecified atom stereocenters. The Morgan fingerprint density at radius 1 is 1.00 bits per heavy atom. The number of rotatable bonds is 2. The number of nitrogens with two attached hydrogens (primary N) is 1. The zero-order valence-corrected chi connectivity index (χ0v) is 12.9. The molecule has 19 heavy (non-hydrogen) atoms. The van der Waals surface area contributed by atoms with Crippen LogP contribution in [0.15, 0.2) is 11.6 Å². The normalized spacial score (nSPS) is 29.5. The summed E-state index contributed by atoms with van der Waals surface area (Å²) < 4.78 is 0. The predicted molar refractivity (Wildman–Crippen MR) is 84.1 cm³/mol. The van der Waals surface area contributed by atoms with Crippen molar-refractivity contribution in [3.63, 3.8) is 0 Å². The molecule has 2 aliphatic rings. The van der Waals surface area contributed by atoms with Crippen LogP contribution >= 0.6 is 0 Å². The summed E-state index contributed by atoms with van der Waals surface area (Å²) in [6.07, 6.45) is 19.9. The van der Waals surface area contributed by atoms with Gasteiger partial charge < -0.3 is 5.73 Å². The fourth-order valence-electron chi connectivity index (χ4n) is 4.21. The van der Waals surface area contributed by atoms with E-state index in [-0.39, 0.29) is 0 Å². The van der Waals surface area contributed by atoms with Gasteiger partial charge in [-0.05, 0) is 62.8 Å². The number of allylic oxidation sites excluding steroid dienone is 1. The first-order valence-corrected chi connectivity index (χ1v) is 8.65. The number of hydrogen-bond acceptors (Lipinski definition) is 1. The van der Waals surface area contributed by atoms with E-state index >= 15 is 0 Å². The lowest BCUT2D eigenvalue weighted by molar-refractivity contribution is 0.169. The van der Waals surface area contributed by atoms with Gasteiger partial charge >= 0.3 is 0 Å². The maximum Gasteiger partial charge on any atom is -0.00142 e. The van der Waals surface area contributed by atoms with E-state index in [9.17, 15) is 0 Å². The van der Waals surface area contributed by atoms with Crippen molar-refractivity contribution in [3.8, 4) is 0 Å². The van der Waals surface area contributed by atoms with Crippen LogP contribution in [0.3, 0.4) is 0 Å². The lowest BCUT2D eigenvalue weighted by Crippen LogP contribution is -2.24. The van der Waals surface area contributed by atoms with Crippen molar-refractivity contribution >= 4 is 0 Å². The quantitative estimate of drug-likeness (QED) is 0.681. The van der Waals surface area contributed by atoms with Gasteiger partial charge in [0.1, 0.15) is 0 Å². The zero-order chi connectivity index (χ0) is 13.6. The fraction of sp³-hybridized carbons (Fsp3) is 0.889. The zero-order valence-electron chi connectivity index (χ0n) is 12.9. The molecule has 0 radical (unpaired) electrons. The average Bonchev–Trinajstić information content (AvgIpc) is 2.36. The molecule has 2 rings (SSSR count). The molecule has 0 aromatic carbocycles. The Morgan fingerprint density at radius 3 is 2.32 bits per heavy atom. The molecule has 110 valence electrons. The summed E-state index contributed by atoms with van der Waals surface area (Å²) in [7, 11) is 0. The molecule has 2 N–H and O–H groups in total. The second-order valence-electron chi connectivity index (χ2n) is 7.08. The van der Waals surface area contributed by atoms with Gasteiger partial charge in [-0.1, -0.05) is 50.7 Å². The minimum atomic E-state index is 0.603. The van der Waals surface area contributed by atoms with Crippen LogP contribution in [-0.2, 0) is 0 Å². The van der Waals surface area contributed by atoms with E-state index in [2.05, 4.69) is 13.0 Å². The molecule has 0 aromatic heterocycles. The van der Waals surface area contributed by atoms with Gasteiger partial charge in [-0.2, -0.15) is 0 Å². The van der Waals surface area contributed by atoms with Crippen LogP contribution in [0.2, 0.25) is 0 Å². The summed E-state index contributed by atoms with van der Waals surface area (Å²) in [5.41, 5.74) is 8.17. The smallest absolute Gasteiger partial charge is 0.00142 e. The van der Waals surface area contributed by atoms with Gasteiger partial charge in [0, 0.05) is 0 Å². The van der Waals surface area contributed by atoms with Crippen molar-refractivity contribution in [2.75, 3.05) is 6.54 Å². The van der Waals surface area contributed by atoms with E-state index < -0.39 is 0 Å². The van der Waals surface area contributed by atoms with Gasteiger partial charge in [0.2, 0.25) is 0 Å². The lowest BCUT2D eigenvalue weighted by Gasteiger charge is -2.37. The molecule has 0 saturated heterocycles. The molecule has 1 atom stereocenters. The molecule has 0 aromatic rings. The van der Waals surface area contributed by atoms with Gasteiger partial charge in [0.25, 0.3) is 0 Å². The van der Waals surface area contributed by atoms with Crippen LogP contribution in [0.5, 0.6) is 0 Å². The highest BCUT2D eigenvalue weighted by atomic mass is 14.5. The first kappa shape index (κ1) is 15.1. The van der Waals surface area contributed by atoms with Gasteiger partial charge in [0.05, 0.1) is 0 Å². The van der Waals surface area contributed by atoms with Gasteiger partial charge in [-0.25, -0.2) is 0 Å². The molecule has 1 heteroatoms. The third-order valence-electron chi connectivity index (χ3n) is 5.65. The monoisotopic (exact) mass is 263 g/mol. The van der Waals surface area contributed by atoms with Crippen molar-refractivity contribution < 1.29 is 0 Å². The molecule has 0 aliphatic heterocycles. The van der Waals surface area contributed by atoms with Crippen molar-refractivity contribution in [2.45, 2.75) is 84.0 Å².